The Bertz CT molecular complexity index is 1130. The zero-order chi connectivity index (χ0) is 18.9. The molecule has 8 heteroatoms. The van der Waals surface area contributed by atoms with Crippen molar-refractivity contribution < 1.29 is 23.1 Å². The lowest BCUT2D eigenvalue weighted by atomic mass is 9.96. The molecule has 0 saturated carbocycles. The Morgan fingerprint density at radius 2 is 2.04 bits per heavy atom. The first-order valence-electron chi connectivity index (χ1n) is 7.46. The molecule has 0 aliphatic carbocycles. The number of aromatic nitrogens is 1. The highest BCUT2D eigenvalue weighted by Crippen LogP contribution is 2.31. The Labute approximate surface area is 154 Å². The lowest BCUT2D eigenvalue weighted by Crippen LogP contribution is -2.01. The highest BCUT2D eigenvalue weighted by Gasteiger charge is 2.17. The van der Waals surface area contributed by atoms with Crippen LogP contribution in [0.1, 0.15) is 5.56 Å². The lowest BCUT2D eigenvalue weighted by Gasteiger charge is -2.09. The molecule has 2 aromatic carbocycles. The van der Waals surface area contributed by atoms with E-state index in [4.69, 9.17) is 4.74 Å². The summed E-state index contributed by atoms with van der Waals surface area (Å²) in [6.45, 7) is 0. The summed E-state index contributed by atoms with van der Waals surface area (Å²) in [7, 11) is -1.98. The second-order valence-corrected chi connectivity index (χ2v) is 8.63. The molecule has 0 unspecified atom stereocenters. The van der Waals surface area contributed by atoms with E-state index in [9.17, 15) is 18.3 Å². The molecule has 3 rings (SSSR count). The standard InChI is InChI=1S/C18H15NO5S2/c1-24-9-15(17(20)21)13-5-3-4-11-6-7-12(8-14(11)13)16-10-25-18(19-16)26(2,22)23/h3-10H,1-2H3,(H,20,21). The summed E-state index contributed by atoms with van der Waals surface area (Å²) >= 11 is 1.06. The molecule has 26 heavy (non-hydrogen) atoms. The van der Waals surface area contributed by atoms with Crippen LogP contribution in [0.5, 0.6) is 0 Å². The molecule has 0 radical (unpaired) electrons. The third-order valence-electron chi connectivity index (χ3n) is 3.73. The smallest absolute Gasteiger partial charge is 0.339 e. The topological polar surface area (TPSA) is 93.6 Å². The molecule has 0 saturated heterocycles. The first kappa shape index (κ1) is 18.1. The van der Waals surface area contributed by atoms with Gasteiger partial charge in [0.2, 0.25) is 14.2 Å². The molecule has 0 aliphatic heterocycles. The number of rotatable bonds is 5. The van der Waals surface area contributed by atoms with E-state index < -0.39 is 15.8 Å². The number of thiazole rings is 1. The van der Waals surface area contributed by atoms with Gasteiger partial charge in [-0.3, -0.25) is 0 Å². The van der Waals surface area contributed by atoms with Gasteiger partial charge in [0.1, 0.15) is 5.57 Å². The summed E-state index contributed by atoms with van der Waals surface area (Å²) in [6.07, 6.45) is 2.30. The molecule has 134 valence electrons. The van der Waals surface area contributed by atoms with E-state index in [1.165, 1.54) is 13.4 Å². The van der Waals surface area contributed by atoms with Crippen molar-refractivity contribution in [3.05, 3.63) is 53.6 Å². The molecule has 3 aromatic rings. The van der Waals surface area contributed by atoms with E-state index in [0.717, 1.165) is 23.0 Å². The van der Waals surface area contributed by atoms with Crippen molar-refractivity contribution >= 4 is 43.5 Å². The molecule has 0 amide bonds. The average Bonchev–Trinajstić information content (AvgIpc) is 3.09. The van der Waals surface area contributed by atoms with Gasteiger partial charge in [-0.2, -0.15) is 0 Å². The van der Waals surface area contributed by atoms with Gasteiger partial charge >= 0.3 is 5.97 Å². The van der Waals surface area contributed by atoms with Crippen molar-refractivity contribution in [2.45, 2.75) is 4.34 Å². The van der Waals surface area contributed by atoms with Crippen molar-refractivity contribution in [3.8, 4) is 11.3 Å². The molecule has 1 aromatic heterocycles. The maximum absolute atomic E-state index is 11.6. The molecule has 0 spiro atoms. The number of fused-ring (bicyclic) bond motifs is 1. The summed E-state index contributed by atoms with van der Waals surface area (Å²) in [4.78, 5) is 15.8. The molecular formula is C18H15NO5S2. The van der Waals surface area contributed by atoms with Crippen LogP contribution in [0, 0.1) is 0 Å². The molecule has 0 atom stereocenters. The number of hydrogen-bond acceptors (Lipinski definition) is 6. The molecule has 1 N–H and O–H groups in total. The first-order chi connectivity index (χ1) is 12.3. The number of hydrogen-bond donors (Lipinski definition) is 1. The quantitative estimate of drug-likeness (QED) is 0.531. The van der Waals surface area contributed by atoms with Gasteiger partial charge in [-0.05, 0) is 22.4 Å². The normalized spacial score (nSPS) is 12.3. The summed E-state index contributed by atoms with van der Waals surface area (Å²) in [5.74, 6) is -1.10. The third-order valence-corrected chi connectivity index (χ3v) is 6.29. The molecule has 0 fully saturated rings. The lowest BCUT2D eigenvalue weighted by molar-refractivity contribution is -0.130. The fourth-order valence-corrected chi connectivity index (χ4v) is 4.23. The van der Waals surface area contributed by atoms with E-state index in [2.05, 4.69) is 4.98 Å². The number of benzene rings is 2. The van der Waals surface area contributed by atoms with Crippen LogP contribution in [0.2, 0.25) is 0 Å². The van der Waals surface area contributed by atoms with E-state index in [-0.39, 0.29) is 9.91 Å². The Kier molecular flexibility index (Phi) is 4.80. The average molecular weight is 389 g/mol. The zero-order valence-electron chi connectivity index (χ0n) is 14.0. The zero-order valence-corrected chi connectivity index (χ0v) is 15.6. The highest BCUT2D eigenvalue weighted by atomic mass is 32.2. The van der Waals surface area contributed by atoms with Crippen molar-refractivity contribution in [2.75, 3.05) is 13.4 Å². The Balaban J connectivity index is 2.19. The summed E-state index contributed by atoms with van der Waals surface area (Å²) in [5, 5.41) is 12.7. The van der Waals surface area contributed by atoms with Crippen LogP contribution in [0.15, 0.2) is 52.4 Å². The monoisotopic (exact) mass is 389 g/mol. The molecule has 6 nitrogen and oxygen atoms in total. The Hall–Kier alpha value is -2.71. The summed E-state index contributed by atoms with van der Waals surface area (Å²) < 4.78 is 28.2. The number of nitrogens with zero attached hydrogens (tertiary/aromatic N) is 1. The van der Waals surface area contributed by atoms with E-state index in [1.54, 1.807) is 23.6 Å². The van der Waals surface area contributed by atoms with Crippen LogP contribution in [-0.4, -0.2) is 37.8 Å². The van der Waals surface area contributed by atoms with Crippen LogP contribution < -0.4 is 0 Å². The number of methoxy groups -OCH3 is 1. The minimum atomic E-state index is -3.37. The predicted octanol–water partition coefficient (Wildman–Crippen LogP) is 3.44. The van der Waals surface area contributed by atoms with Gasteiger partial charge in [-0.1, -0.05) is 30.3 Å². The first-order valence-corrected chi connectivity index (χ1v) is 10.2. The number of ether oxygens (including phenoxy) is 1. The minimum absolute atomic E-state index is 0.0327. The van der Waals surface area contributed by atoms with Crippen LogP contribution in [0.4, 0.5) is 0 Å². The number of carbonyl (C=O) groups is 1. The van der Waals surface area contributed by atoms with Crippen molar-refractivity contribution in [3.63, 3.8) is 0 Å². The maximum Gasteiger partial charge on any atom is 0.339 e. The number of sulfone groups is 1. The molecule has 0 aliphatic rings. The Morgan fingerprint density at radius 1 is 1.27 bits per heavy atom. The fourth-order valence-electron chi connectivity index (χ4n) is 2.57. The number of carboxylic acid groups (broad SMARTS) is 1. The van der Waals surface area contributed by atoms with Gasteiger partial charge in [0.05, 0.1) is 19.1 Å². The van der Waals surface area contributed by atoms with Gasteiger partial charge in [0, 0.05) is 17.2 Å². The van der Waals surface area contributed by atoms with E-state index in [1.807, 2.05) is 18.2 Å². The highest BCUT2D eigenvalue weighted by molar-refractivity contribution is 7.92. The van der Waals surface area contributed by atoms with Crippen molar-refractivity contribution in [1.82, 2.24) is 4.98 Å². The summed E-state index contributed by atoms with van der Waals surface area (Å²) in [5.41, 5.74) is 1.78. The van der Waals surface area contributed by atoms with Gasteiger partial charge in [-0.25, -0.2) is 18.2 Å². The molecule has 0 bridgehead atoms. The van der Waals surface area contributed by atoms with Crippen LogP contribution in [0.3, 0.4) is 0 Å². The van der Waals surface area contributed by atoms with Crippen LogP contribution >= 0.6 is 11.3 Å². The van der Waals surface area contributed by atoms with Crippen LogP contribution in [-0.2, 0) is 19.4 Å². The SMILES string of the molecule is COC=C(C(=O)O)c1cccc2ccc(-c3csc(S(C)(=O)=O)n3)cc12. The van der Waals surface area contributed by atoms with Gasteiger partial charge in [0.25, 0.3) is 0 Å². The van der Waals surface area contributed by atoms with Gasteiger partial charge < -0.3 is 9.84 Å². The second kappa shape index (κ2) is 6.89. The minimum Gasteiger partial charge on any atom is -0.503 e. The van der Waals surface area contributed by atoms with E-state index in [0.29, 0.717) is 22.2 Å². The van der Waals surface area contributed by atoms with Crippen molar-refractivity contribution in [1.29, 1.82) is 0 Å². The third kappa shape index (κ3) is 3.47. The number of aliphatic carboxylic acids is 1. The second-order valence-electron chi connectivity index (χ2n) is 5.58. The largest absolute Gasteiger partial charge is 0.503 e. The van der Waals surface area contributed by atoms with Gasteiger partial charge in [-0.15, -0.1) is 11.3 Å². The Morgan fingerprint density at radius 3 is 2.65 bits per heavy atom. The van der Waals surface area contributed by atoms with E-state index >= 15 is 0 Å². The molecular weight excluding hydrogens is 374 g/mol. The predicted molar refractivity (Wildman–Crippen MR) is 101 cm³/mol. The number of carboxylic acids is 1. The van der Waals surface area contributed by atoms with Gasteiger partial charge in [0.15, 0.2) is 0 Å². The van der Waals surface area contributed by atoms with Crippen LogP contribution in [0.25, 0.3) is 27.6 Å². The van der Waals surface area contributed by atoms with Crippen molar-refractivity contribution in [2.24, 2.45) is 0 Å². The molecule has 1 heterocycles. The fraction of sp³-hybridized carbons (Fsp3) is 0.111. The maximum atomic E-state index is 11.6. The summed E-state index contributed by atoms with van der Waals surface area (Å²) in [6, 6.07) is 10.8.